The molecule has 0 aromatic heterocycles. The van der Waals surface area contributed by atoms with Crippen molar-refractivity contribution in [2.45, 2.75) is 18.6 Å². The number of piperazine rings is 1. The molecule has 0 spiro atoms. The van der Waals surface area contributed by atoms with Crippen molar-refractivity contribution in [2.24, 2.45) is 5.92 Å². The number of anilines is 2. The maximum atomic E-state index is 13.4. The van der Waals surface area contributed by atoms with Crippen LogP contribution in [0.15, 0.2) is 42.5 Å². The summed E-state index contributed by atoms with van der Waals surface area (Å²) in [5.74, 6) is -0.662. The van der Waals surface area contributed by atoms with E-state index in [4.69, 9.17) is 0 Å². The number of hydrogen-bond donors (Lipinski definition) is 1. The molecule has 2 aromatic carbocycles. The van der Waals surface area contributed by atoms with Crippen LogP contribution >= 0.6 is 0 Å². The van der Waals surface area contributed by atoms with Gasteiger partial charge in [-0.15, -0.1) is 0 Å². The molecule has 4 rings (SSSR count). The number of alkyl halides is 3. The van der Waals surface area contributed by atoms with Crippen molar-refractivity contribution >= 4 is 17.3 Å². The minimum Gasteiger partial charge on any atom is -0.367 e. The second kappa shape index (κ2) is 9.55. The molecular formula is C25H28F3N5O. The van der Waals surface area contributed by atoms with Gasteiger partial charge in [-0.05, 0) is 56.4 Å². The fourth-order valence-corrected chi connectivity index (χ4v) is 4.90. The molecule has 0 aliphatic carbocycles. The topological polar surface area (TPSA) is 62.6 Å². The number of hydrogen-bond acceptors (Lipinski definition) is 5. The number of rotatable bonds is 5. The summed E-state index contributed by atoms with van der Waals surface area (Å²) in [6, 6.07) is 13.2. The molecule has 1 saturated heterocycles. The molecule has 1 amide bonds. The number of fused-ring (bicyclic) bond motifs is 3. The first-order valence-corrected chi connectivity index (χ1v) is 11.3. The van der Waals surface area contributed by atoms with Crippen LogP contribution in [-0.4, -0.2) is 63.7 Å². The number of carbonyl (C=O) groups excluding carboxylic acids is 1. The largest absolute Gasteiger partial charge is 0.416 e. The molecule has 2 aromatic rings. The van der Waals surface area contributed by atoms with Crippen molar-refractivity contribution < 1.29 is 18.0 Å². The van der Waals surface area contributed by atoms with Gasteiger partial charge in [-0.2, -0.15) is 18.4 Å². The van der Waals surface area contributed by atoms with E-state index in [1.807, 2.05) is 37.2 Å². The van der Waals surface area contributed by atoms with E-state index in [9.17, 15) is 23.2 Å². The van der Waals surface area contributed by atoms with Crippen LogP contribution in [0.1, 0.15) is 16.7 Å². The zero-order valence-electron chi connectivity index (χ0n) is 19.3. The van der Waals surface area contributed by atoms with E-state index in [1.165, 1.54) is 12.1 Å². The summed E-state index contributed by atoms with van der Waals surface area (Å²) in [4.78, 5) is 19.4. The minimum absolute atomic E-state index is 0.157. The Morgan fingerprint density at radius 2 is 1.94 bits per heavy atom. The predicted octanol–water partition coefficient (Wildman–Crippen LogP) is 3.12. The Morgan fingerprint density at radius 1 is 1.18 bits per heavy atom. The first-order valence-electron chi connectivity index (χ1n) is 11.3. The molecule has 0 bridgehead atoms. The second-order valence-electron chi connectivity index (χ2n) is 9.08. The van der Waals surface area contributed by atoms with E-state index in [0.717, 1.165) is 17.4 Å². The Hall–Kier alpha value is -3.25. The standard InChI is InChI=1S/C25H28F3N5O/c1-31(2)10-9-30-24(34)20-14-18-13-19(25(26,27)28)7-8-22(18)33-12-11-32(16-23(20)33)21-6-4-3-5-17(21)15-29/h3-8,13,20,23H,9-12,14,16H2,1-2H3,(H,30,34)/t20-,23-/m0/s1. The van der Waals surface area contributed by atoms with E-state index in [2.05, 4.69) is 21.2 Å². The fourth-order valence-electron chi connectivity index (χ4n) is 4.90. The van der Waals surface area contributed by atoms with Crippen molar-refractivity contribution in [3.63, 3.8) is 0 Å². The number of likely N-dealkylation sites (N-methyl/N-ethyl adjacent to an activating group) is 1. The summed E-state index contributed by atoms with van der Waals surface area (Å²) in [5.41, 5.74) is 1.98. The summed E-state index contributed by atoms with van der Waals surface area (Å²) < 4.78 is 40.1. The molecule has 0 unspecified atom stereocenters. The van der Waals surface area contributed by atoms with Crippen molar-refractivity contribution in [2.75, 3.05) is 56.6 Å². The van der Waals surface area contributed by atoms with Gasteiger partial charge in [0.2, 0.25) is 5.91 Å². The lowest BCUT2D eigenvalue weighted by Gasteiger charge is -2.50. The van der Waals surface area contributed by atoms with Gasteiger partial charge >= 0.3 is 6.18 Å². The van der Waals surface area contributed by atoms with Gasteiger partial charge in [-0.1, -0.05) is 12.1 Å². The number of halogens is 3. The van der Waals surface area contributed by atoms with Crippen LogP contribution in [0.25, 0.3) is 0 Å². The molecule has 180 valence electrons. The molecule has 2 atom stereocenters. The lowest BCUT2D eigenvalue weighted by Crippen LogP contribution is -2.61. The summed E-state index contributed by atoms with van der Waals surface area (Å²) in [7, 11) is 3.82. The highest BCUT2D eigenvalue weighted by atomic mass is 19.4. The number of nitrogens with one attached hydrogen (secondary N) is 1. The molecule has 2 heterocycles. The summed E-state index contributed by atoms with van der Waals surface area (Å²) >= 11 is 0. The van der Waals surface area contributed by atoms with Crippen LogP contribution in [0.3, 0.4) is 0 Å². The van der Waals surface area contributed by atoms with E-state index in [-0.39, 0.29) is 18.4 Å². The van der Waals surface area contributed by atoms with Crippen molar-refractivity contribution in [1.82, 2.24) is 10.2 Å². The normalized spacial score (nSPS) is 19.9. The van der Waals surface area contributed by atoms with E-state index >= 15 is 0 Å². The van der Waals surface area contributed by atoms with Gasteiger partial charge in [0.05, 0.1) is 28.8 Å². The van der Waals surface area contributed by atoms with Crippen molar-refractivity contribution in [3.05, 3.63) is 59.2 Å². The average Bonchev–Trinajstić information content (AvgIpc) is 2.81. The van der Waals surface area contributed by atoms with Gasteiger partial charge in [-0.25, -0.2) is 0 Å². The molecule has 2 aliphatic rings. The quantitative estimate of drug-likeness (QED) is 0.726. The molecule has 6 nitrogen and oxygen atoms in total. The molecule has 0 saturated carbocycles. The van der Waals surface area contributed by atoms with Crippen LogP contribution < -0.4 is 15.1 Å². The highest BCUT2D eigenvalue weighted by Gasteiger charge is 2.43. The molecule has 9 heteroatoms. The summed E-state index contributed by atoms with van der Waals surface area (Å²) in [6.45, 7) is 2.79. The van der Waals surface area contributed by atoms with Crippen molar-refractivity contribution in [3.8, 4) is 6.07 Å². The third-order valence-corrected chi connectivity index (χ3v) is 6.60. The molecular weight excluding hydrogens is 443 g/mol. The van der Waals surface area contributed by atoms with Crippen LogP contribution in [0.4, 0.5) is 24.5 Å². The Balaban J connectivity index is 1.66. The number of nitrogens with zero attached hydrogens (tertiary/aromatic N) is 4. The monoisotopic (exact) mass is 471 g/mol. The number of nitriles is 1. The predicted molar refractivity (Wildman–Crippen MR) is 125 cm³/mol. The zero-order valence-corrected chi connectivity index (χ0v) is 19.3. The summed E-state index contributed by atoms with van der Waals surface area (Å²) in [5, 5.41) is 12.5. The first kappa shape index (κ1) is 23.9. The maximum Gasteiger partial charge on any atom is 0.416 e. The van der Waals surface area contributed by atoms with E-state index in [0.29, 0.717) is 43.9 Å². The Morgan fingerprint density at radius 3 is 2.65 bits per heavy atom. The Labute approximate surface area is 197 Å². The van der Waals surface area contributed by atoms with E-state index < -0.39 is 17.7 Å². The van der Waals surface area contributed by atoms with E-state index in [1.54, 1.807) is 6.07 Å². The highest BCUT2D eigenvalue weighted by Crippen LogP contribution is 2.40. The second-order valence-corrected chi connectivity index (χ2v) is 9.08. The summed E-state index contributed by atoms with van der Waals surface area (Å²) in [6.07, 6.45) is -4.20. The zero-order chi connectivity index (χ0) is 24.5. The molecule has 1 fully saturated rings. The van der Waals surface area contributed by atoms with Crippen LogP contribution in [-0.2, 0) is 17.4 Å². The Kier molecular flexibility index (Phi) is 6.71. The number of para-hydroxylation sites is 1. The number of benzene rings is 2. The maximum absolute atomic E-state index is 13.4. The SMILES string of the molecule is CN(C)CCNC(=O)[C@H]1Cc2cc(C(F)(F)F)ccc2N2CCN(c3ccccc3C#N)C[C@@H]12. The molecule has 34 heavy (non-hydrogen) atoms. The minimum atomic E-state index is -4.44. The molecule has 1 N–H and O–H groups in total. The Bertz CT molecular complexity index is 1090. The lowest BCUT2D eigenvalue weighted by atomic mass is 9.82. The van der Waals surface area contributed by atoms with Crippen LogP contribution in [0.2, 0.25) is 0 Å². The average molecular weight is 472 g/mol. The van der Waals surface area contributed by atoms with Crippen LogP contribution in [0.5, 0.6) is 0 Å². The van der Waals surface area contributed by atoms with Gasteiger partial charge in [-0.3, -0.25) is 4.79 Å². The lowest BCUT2D eigenvalue weighted by molar-refractivity contribution is -0.137. The third-order valence-electron chi connectivity index (χ3n) is 6.60. The molecule has 2 aliphatic heterocycles. The van der Waals surface area contributed by atoms with Crippen LogP contribution in [0, 0.1) is 17.2 Å². The first-order chi connectivity index (χ1) is 16.2. The van der Waals surface area contributed by atoms with Gasteiger partial charge < -0.3 is 20.0 Å². The van der Waals surface area contributed by atoms with Gasteiger partial charge in [0.25, 0.3) is 0 Å². The van der Waals surface area contributed by atoms with Gasteiger partial charge in [0, 0.05) is 38.4 Å². The number of carbonyl (C=O) groups is 1. The molecule has 0 radical (unpaired) electrons. The smallest absolute Gasteiger partial charge is 0.367 e. The highest BCUT2D eigenvalue weighted by molar-refractivity contribution is 5.82. The van der Waals surface area contributed by atoms with Gasteiger partial charge in [0.1, 0.15) is 6.07 Å². The third kappa shape index (κ3) is 4.82. The van der Waals surface area contributed by atoms with Crippen molar-refractivity contribution in [1.29, 1.82) is 5.26 Å². The fraction of sp³-hybridized carbons (Fsp3) is 0.440. The van der Waals surface area contributed by atoms with Gasteiger partial charge in [0.15, 0.2) is 0 Å². The number of amides is 1.